The molecule has 1 amide bonds. The van der Waals surface area contributed by atoms with E-state index in [-0.39, 0.29) is 28.1 Å². The highest BCUT2D eigenvalue weighted by Gasteiger charge is 2.27. The van der Waals surface area contributed by atoms with Gasteiger partial charge in [-0.25, -0.2) is 13.4 Å². The Kier molecular flexibility index (Phi) is 6.12. The van der Waals surface area contributed by atoms with Crippen LogP contribution in [0.5, 0.6) is 0 Å². The van der Waals surface area contributed by atoms with Crippen molar-refractivity contribution in [2.45, 2.75) is 29.7 Å². The molecule has 1 N–H and O–H groups in total. The fourth-order valence-corrected chi connectivity index (χ4v) is 5.52. The molecule has 1 aromatic carbocycles. The van der Waals surface area contributed by atoms with E-state index in [0.29, 0.717) is 34.8 Å². The lowest BCUT2D eigenvalue weighted by Gasteiger charge is -2.15. The Morgan fingerprint density at radius 2 is 1.90 bits per heavy atom. The summed E-state index contributed by atoms with van der Waals surface area (Å²) in [7, 11) is -3.51. The molecule has 0 atom stereocenters. The smallest absolute Gasteiger partial charge is 0.244 e. The van der Waals surface area contributed by atoms with Crippen molar-refractivity contribution in [1.29, 1.82) is 0 Å². The van der Waals surface area contributed by atoms with Crippen LogP contribution in [-0.2, 0) is 14.8 Å². The summed E-state index contributed by atoms with van der Waals surface area (Å²) in [5, 5.41) is 3.93. The van der Waals surface area contributed by atoms with Gasteiger partial charge in [0.1, 0.15) is 10.5 Å². The second-order valence-electron chi connectivity index (χ2n) is 7.14. The van der Waals surface area contributed by atoms with Crippen LogP contribution in [0.4, 0.5) is 5.69 Å². The number of carbonyl (C=O) groups is 2. The van der Waals surface area contributed by atoms with Crippen molar-refractivity contribution in [2.75, 3.05) is 24.2 Å². The Morgan fingerprint density at radius 1 is 1.16 bits per heavy atom. The third-order valence-corrected chi connectivity index (χ3v) is 7.77. The predicted molar refractivity (Wildman–Crippen MR) is 118 cm³/mol. The number of sulfonamides is 1. The van der Waals surface area contributed by atoms with Gasteiger partial charge < -0.3 is 9.73 Å². The molecule has 0 unspecified atom stereocenters. The number of aromatic nitrogens is 1. The van der Waals surface area contributed by atoms with Gasteiger partial charge in [-0.05, 0) is 37.1 Å². The molecule has 1 aliphatic heterocycles. The second kappa shape index (κ2) is 8.81. The van der Waals surface area contributed by atoms with Crippen LogP contribution in [0, 0.1) is 0 Å². The average Bonchev–Trinajstić information content (AvgIpc) is 3.42. The minimum atomic E-state index is -3.51. The van der Waals surface area contributed by atoms with E-state index in [9.17, 15) is 18.0 Å². The summed E-state index contributed by atoms with van der Waals surface area (Å²) in [5.41, 5.74) is 0.876. The quantitative estimate of drug-likeness (QED) is 0.425. The number of amides is 1. The fraction of sp³-hybridized carbons (Fsp3) is 0.286. The largest absolute Gasteiger partial charge is 0.451 e. The molecule has 31 heavy (non-hydrogen) atoms. The third-order valence-electron chi connectivity index (χ3n) is 4.94. The number of hydrogen-bond acceptors (Lipinski definition) is 7. The lowest BCUT2D eigenvalue weighted by atomic mass is 10.2. The standard InChI is InChI=1S/C21H21N3O5S2/c1-14(25)21-20(16-6-2-3-7-17(16)29-21)23-18(26)13-30-19-9-8-15(12-22-19)31(27,28)24-10-4-5-11-24/h2-3,6-9,12H,4-5,10-11,13H2,1H3,(H,23,26). The Balaban J connectivity index is 1.42. The van der Waals surface area contributed by atoms with Gasteiger partial charge >= 0.3 is 0 Å². The topological polar surface area (TPSA) is 110 Å². The summed E-state index contributed by atoms with van der Waals surface area (Å²) in [6, 6.07) is 10.2. The first-order valence-electron chi connectivity index (χ1n) is 9.77. The molecule has 2 aromatic heterocycles. The molecule has 10 heteroatoms. The van der Waals surface area contributed by atoms with Gasteiger partial charge in [0, 0.05) is 31.6 Å². The van der Waals surface area contributed by atoms with E-state index >= 15 is 0 Å². The van der Waals surface area contributed by atoms with E-state index in [0.717, 1.165) is 12.8 Å². The van der Waals surface area contributed by atoms with Crippen molar-refractivity contribution in [3.63, 3.8) is 0 Å². The monoisotopic (exact) mass is 459 g/mol. The van der Waals surface area contributed by atoms with Gasteiger partial charge in [-0.2, -0.15) is 4.31 Å². The normalized spacial score (nSPS) is 14.7. The molecule has 0 bridgehead atoms. The number of ketones is 1. The molecule has 162 valence electrons. The highest BCUT2D eigenvalue weighted by Crippen LogP contribution is 2.31. The molecular weight excluding hydrogens is 438 g/mol. The van der Waals surface area contributed by atoms with Crippen molar-refractivity contribution in [3.8, 4) is 0 Å². The maximum Gasteiger partial charge on any atom is 0.244 e. The second-order valence-corrected chi connectivity index (χ2v) is 10.1. The highest BCUT2D eigenvalue weighted by atomic mass is 32.2. The SMILES string of the molecule is CC(=O)c1oc2ccccc2c1NC(=O)CSc1ccc(S(=O)(=O)N2CCCC2)cn1. The van der Waals surface area contributed by atoms with Gasteiger partial charge in [-0.15, -0.1) is 0 Å². The number of furan rings is 1. The zero-order valence-electron chi connectivity index (χ0n) is 16.8. The Bertz CT molecular complexity index is 1230. The van der Waals surface area contributed by atoms with Crippen molar-refractivity contribution in [3.05, 3.63) is 48.4 Å². The van der Waals surface area contributed by atoms with Crippen molar-refractivity contribution in [1.82, 2.24) is 9.29 Å². The molecular formula is C21H21N3O5S2. The lowest BCUT2D eigenvalue weighted by Crippen LogP contribution is -2.27. The molecule has 0 saturated carbocycles. The van der Waals surface area contributed by atoms with Gasteiger partial charge in [0.15, 0.2) is 11.5 Å². The molecule has 3 heterocycles. The summed E-state index contributed by atoms with van der Waals surface area (Å²) in [4.78, 5) is 28.7. The summed E-state index contributed by atoms with van der Waals surface area (Å²) < 4.78 is 32.2. The van der Waals surface area contributed by atoms with Crippen LogP contribution in [-0.4, -0.2) is 48.2 Å². The van der Waals surface area contributed by atoms with Crippen LogP contribution in [0.1, 0.15) is 30.3 Å². The molecule has 8 nitrogen and oxygen atoms in total. The van der Waals surface area contributed by atoms with Gasteiger partial charge in [-0.3, -0.25) is 9.59 Å². The number of Topliss-reactive ketones (excluding diaryl/α,β-unsaturated/α-hetero) is 1. The zero-order valence-corrected chi connectivity index (χ0v) is 18.5. The van der Waals surface area contributed by atoms with Crippen LogP contribution in [0.15, 0.2) is 56.9 Å². The average molecular weight is 460 g/mol. The highest BCUT2D eigenvalue weighted by molar-refractivity contribution is 7.99. The number of nitrogens with one attached hydrogen (secondary N) is 1. The third kappa shape index (κ3) is 4.51. The molecule has 0 spiro atoms. The summed E-state index contributed by atoms with van der Waals surface area (Å²) in [6.07, 6.45) is 3.06. The van der Waals surface area contributed by atoms with E-state index in [1.807, 2.05) is 0 Å². The maximum atomic E-state index is 12.6. The first-order valence-corrected chi connectivity index (χ1v) is 12.2. The minimum Gasteiger partial charge on any atom is -0.451 e. The van der Waals surface area contributed by atoms with E-state index in [4.69, 9.17) is 4.42 Å². The van der Waals surface area contributed by atoms with Crippen molar-refractivity contribution in [2.24, 2.45) is 0 Å². The van der Waals surface area contributed by atoms with Gasteiger partial charge in [0.05, 0.1) is 16.5 Å². The van der Waals surface area contributed by atoms with Crippen LogP contribution in [0.3, 0.4) is 0 Å². The van der Waals surface area contributed by atoms with Crippen LogP contribution in [0.25, 0.3) is 11.0 Å². The Labute approximate surface area is 184 Å². The molecule has 1 saturated heterocycles. The molecule has 1 aliphatic rings. The summed E-state index contributed by atoms with van der Waals surface area (Å²) >= 11 is 1.17. The van der Waals surface area contributed by atoms with Crippen LogP contribution < -0.4 is 5.32 Å². The predicted octanol–water partition coefficient (Wildman–Crippen LogP) is 3.55. The first-order chi connectivity index (χ1) is 14.9. The van der Waals surface area contributed by atoms with E-state index in [1.165, 1.54) is 35.3 Å². The van der Waals surface area contributed by atoms with Crippen LogP contribution in [0.2, 0.25) is 0 Å². The van der Waals surface area contributed by atoms with Crippen LogP contribution >= 0.6 is 11.8 Å². The van der Waals surface area contributed by atoms with Gasteiger partial charge in [0.2, 0.25) is 15.9 Å². The van der Waals surface area contributed by atoms with E-state index < -0.39 is 10.0 Å². The Hall–Kier alpha value is -2.69. The summed E-state index contributed by atoms with van der Waals surface area (Å²) in [6.45, 7) is 2.44. The molecule has 3 aromatic rings. The van der Waals surface area contributed by atoms with Gasteiger partial charge in [-0.1, -0.05) is 23.9 Å². The molecule has 1 fully saturated rings. The van der Waals surface area contributed by atoms with E-state index in [2.05, 4.69) is 10.3 Å². The number of nitrogens with zero attached hydrogens (tertiary/aromatic N) is 2. The minimum absolute atomic E-state index is 0.0437. The number of pyridine rings is 1. The molecule has 0 aliphatic carbocycles. The lowest BCUT2D eigenvalue weighted by molar-refractivity contribution is -0.113. The zero-order chi connectivity index (χ0) is 22.0. The van der Waals surface area contributed by atoms with Crippen molar-refractivity contribution >= 4 is 50.1 Å². The molecule has 0 radical (unpaired) electrons. The number of fused-ring (bicyclic) bond motifs is 1. The number of rotatable bonds is 7. The first kappa shape index (κ1) is 21.5. The maximum absolute atomic E-state index is 12.6. The number of carbonyl (C=O) groups excluding carboxylic acids is 2. The van der Waals surface area contributed by atoms with Gasteiger partial charge in [0.25, 0.3) is 0 Å². The number of thioether (sulfide) groups is 1. The van der Waals surface area contributed by atoms with Crippen molar-refractivity contribution < 1.29 is 22.4 Å². The summed E-state index contributed by atoms with van der Waals surface area (Å²) in [5.74, 6) is -0.457. The number of benzene rings is 1. The number of hydrogen-bond donors (Lipinski definition) is 1. The number of para-hydroxylation sites is 1. The molecule has 4 rings (SSSR count). The number of anilines is 1. The van der Waals surface area contributed by atoms with E-state index in [1.54, 1.807) is 30.3 Å². The Morgan fingerprint density at radius 3 is 2.58 bits per heavy atom. The fourth-order valence-electron chi connectivity index (χ4n) is 3.41.